The molecule has 14 heavy (non-hydrogen) atoms. The van der Waals surface area contributed by atoms with Crippen LogP contribution in [0.4, 0.5) is 5.82 Å². The van der Waals surface area contributed by atoms with E-state index in [0.717, 1.165) is 11.1 Å². The van der Waals surface area contributed by atoms with Crippen molar-refractivity contribution in [3.8, 4) is 0 Å². The van der Waals surface area contributed by atoms with Crippen LogP contribution in [0.25, 0.3) is 0 Å². The number of aromatic nitrogens is 1. The highest BCUT2D eigenvalue weighted by atomic mass is 35.5. The Kier molecular flexibility index (Phi) is 3.25. The van der Waals surface area contributed by atoms with Gasteiger partial charge in [-0.05, 0) is 24.5 Å². The standard InChI is InChI=1S/C10H11ClN2O/c1-3-4-7-6(2)8(5-14)10(12)13-9(7)11/h3,5H,1,4H2,2H3,(H2,12,13). The third-order valence-electron chi connectivity index (χ3n) is 2.07. The van der Waals surface area contributed by atoms with E-state index < -0.39 is 0 Å². The van der Waals surface area contributed by atoms with Crippen LogP contribution in [0.5, 0.6) is 0 Å². The van der Waals surface area contributed by atoms with Crippen LogP contribution in [0.15, 0.2) is 12.7 Å². The van der Waals surface area contributed by atoms with Gasteiger partial charge in [-0.25, -0.2) is 4.98 Å². The molecule has 0 spiro atoms. The van der Waals surface area contributed by atoms with Crippen LogP contribution in [-0.4, -0.2) is 11.3 Å². The second kappa shape index (κ2) is 4.24. The monoisotopic (exact) mass is 210 g/mol. The summed E-state index contributed by atoms with van der Waals surface area (Å²) in [6, 6.07) is 0. The van der Waals surface area contributed by atoms with E-state index >= 15 is 0 Å². The van der Waals surface area contributed by atoms with Gasteiger partial charge in [-0.2, -0.15) is 0 Å². The normalized spacial score (nSPS) is 9.86. The molecule has 4 heteroatoms. The molecule has 1 aromatic rings. The van der Waals surface area contributed by atoms with Gasteiger partial charge in [0, 0.05) is 0 Å². The van der Waals surface area contributed by atoms with Crippen LogP contribution in [-0.2, 0) is 6.42 Å². The SMILES string of the molecule is C=CCc1c(Cl)nc(N)c(C=O)c1C. The number of nitrogens with zero attached hydrogens (tertiary/aromatic N) is 1. The summed E-state index contributed by atoms with van der Waals surface area (Å²) >= 11 is 5.89. The molecule has 0 saturated carbocycles. The maximum absolute atomic E-state index is 10.7. The molecule has 0 saturated heterocycles. The van der Waals surface area contributed by atoms with E-state index in [1.165, 1.54) is 0 Å². The lowest BCUT2D eigenvalue weighted by Crippen LogP contribution is -2.04. The first kappa shape index (κ1) is 10.7. The Morgan fingerprint density at radius 2 is 2.29 bits per heavy atom. The van der Waals surface area contributed by atoms with Crippen LogP contribution < -0.4 is 5.73 Å². The highest BCUT2D eigenvalue weighted by Gasteiger charge is 2.12. The summed E-state index contributed by atoms with van der Waals surface area (Å²) in [4.78, 5) is 14.6. The molecule has 0 aliphatic rings. The molecule has 0 aliphatic heterocycles. The van der Waals surface area contributed by atoms with Gasteiger partial charge in [0.25, 0.3) is 0 Å². The van der Waals surface area contributed by atoms with Gasteiger partial charge in [0.2, 0.25) is 0 Å². The Balaban J connectivity index is 3.42. The Morgan fingerprint density at radius 3 is 2.79 bits per heavy atom. The lowest BCUT2D eigenvalue weighted by molar-refractivity contribution is 0.112. The molecule has 1 rings (SSSR count). The zero-order chi connectivity index (χ0) is 10.7. The van der Waals surface area contributed by atoms with E-state index in [2.05, 4.69) is 11.6 Å². The van der Waals surface area contributed by atoms with E-state index in [9.17, 15) is 4.79 Å². The summed E-state index contributed by atoms with van der Waals surface area (Å²) in [5, 5.41) is 0.338. The number of nitrogens with two attached hydrogens (primary N) is 1. The van der Waals surface area contributed by atoms with Gasteiger partial charge in [0.1, 0.15) is 11.0 Å². The molecule has 2 N–H and O–H groups in total. The molecule has 0 aromatic carbocycles. The number of aldehydes is 1. The molecule has 1 aromatic heterocycles. The molecule has 0 atom stereocenters. The zero-order valence-electron chi connectivity index (χ0n) is 7.88. The van der Waals surface area contributed by atoms with Crippen molar-refractivity contribution in [1.29, 1.82) is 0 Å². The molecular formula is C10H11ClN2O. The fourth-order valence-electron chi connectivity index (χ4n) is 1.27. The molecule has 0 fully saturated rings. The number of rotatable bonds is 3. The molecular weight excluding hydrogens is 200 g/mol. The third-order valence-corrected chi connectivity index (χ3v) is 2.38. The van der Waals surface area contributed by atoms with Gasteiger partial charge >= 0.3 is 0 Å². The maximum Gasteiger partial charge on any atom is 0.154 e. The van der Waals surface area contributed by atoms with Gasteiger partial charge in [-0.15, -0.1) is 6.58 Å². The Morgan fingerprint density at radius 1 is 1.64 bits per heavy atom. The number of halogens is 1. The minimum Gasteiger partial charge on any atom is -0.383 e. The smallest absolute Gasteiger partial charge is 0.154 e. The van der Waals surface area contributed by atoms with Crippen molar-refractivity contribution in [2.45, 2.75) is 13.3 Å². The van der Waals surface area contributed by atoms with Crippen LogP contribution >= 0.6 is 11.6 Å². The summed E-state index contributed by atoms with van der Waals surface area (Å²) in [5.74, 6) is 0.176. The minimum atomic E-state index is 0.176. The first-order valence-electron chi connectivity index (χ1n) is 4.12. The lowest BCUT2D eigenvalue weighted by atomic mass is 10.0. The number of anilines is 1. The summed E-state index contributed by atoms with van der Waals surface area (Å²) in [7, 11) is 0. The lowest BCUT2D eigenvalue weighted by Gasteiger charge is -2.09. The topological polar surface area (TPSA) is 56.0 Å². The first-order chi connectivity index (χ1) is 6.61. The van der Waals surface area contributed by atoms with Crippen LogP contribution in [0.1, 0.15) is 21.5 Å². The number of hydrogen-bond donors (Lipinski definition) is 1. The van der Waals surface area contributed by atoms with Gasteiger partial charge in [0.05, 0.1) is 5.56 Å². The number of carbonyl (C=O) groups is 1. The molecule has 0 bridgehead atoms. The van der Waals surface area contributed by atoms with Crippen molar-refractivity contribution in [3.63, 3.8) is 0 Å². The second-order valence-electron chi connectivity index (χ2n) is 2.92. The number of pyridine rings is 1. The van der Waals surface area contributed by atoms with Crippen molar-refractivity contribution in [2.24, 2.45) is 0 Å². The molecule has 3 nitrogen and oxygen atoms in total. The van der Waals surface area contributed by atoms with Crippen molar-refractivity contribution >= 4 is 23.7 Å². The molecule has 0 unspecified atom stereocenters. The van der Waals surface area contributed by atoms with E-state index in [1.54, 1.807) is 13.0 Å². The molecule has 0 radical (unpaired) electrons. The fourth-order valence-corrected chi connectivity index (χ4v) is 1.58. The average molecular weight is 211 g/mol. The van der Waals surface area contributed by atoms with Crippen molar-refractivity contribution in [1.82, 2.24) is 4.98 Å². The largest absolute Gasteiger partial charge is 0.383 e. The number of nitrogen functional groups attached to an aromatic ring is 1. The predicted octanol–water partition coefficient (Wildman–Crippen LogP) is 2.17. The van der Waals surface area contributed by atoms with Crippen molar-refractivity contribution in [2.75, 3.05) is 5.73 Å². The third kappa shape index (κ3) is 1.77. The Labute approximate surface area is 87.6 Å². The minimum absolute atomic E-state index is 0.176. The molecule has 74 valence electrons. The molecule has 0 aliphatic carbocycles. The van der Waals surface area contributed by atoms with E-state index in [0.29, 0.717) is 23.4 Å². The second-order valence-corrected chi connectivity index (χ2v) is 3.27. The highest BCUT2D eigenvalue weighted by molar-refractivity contribution is 6.30. The number of allylic oxidation sites excluding steroid dienone is 1. The summed E-state index contributed by atoms with van der Waals surface area (Å²) in [5.41, 5.74) is 7.53. The van der Waals surface area contributed by atoms with Gasteiger partial charge in [-0.1, -0.05) is 17.7 Å². The predicted molar refractivity (Wildman–Crippen MR) is 57.7 cm³/mol. The maximum atomic E-state index is 10.7. The Bertz CT molecular complexity index is 388. The molecule has 1 heterocycles. The first-order valence-corrected chi connectivity index (χ1v) is 4.50. The van der Waals surface area contributed by atoms with Gasteiger partial charge in [-0.3, -0.25) is 4.79 Å². The van der Waals surface area contributed by atoms with E-state index in [4.69, 9.17) is 17.3 Å². The quantitative estimate of drug-likeness (QED) is 0.473. The number of carbonyl (C=O) groups excluding carboxylic acids is 1. The van der Waals surface area contributed by atoms with E-state index in [1.807, 2.05) is 0 Å². The van der Waals surface area contributed by atoms with Crippen LogP contribution in [0.3, 0.4) is 0 Å². The van der Waals surface area contributed by atoms with Crippen LogP contribution in [0.2, 0.25) is 5.15 Å². The fraction of sp³-hybridized carbons (Fsp3) is 0.200. The summed E-state index contributed by atoms with van der Waals surface area (Å²) in [6.45, 7) is 5.41. The zero-order valence-corrected chi connectivity index (χ0v) is 8.64. The van der Waals surface area contributed by atoms with Crippen molar-refractivity contribution in [3.05, 3.63) is 34.5 Å². The van der Waals surface area contributed by atoms with Crippen LogP contribution in [0, 0.1) is 6.92 Å². The average Bonchev–Trinajstić information content (AvgIpc) is 2.12. The number of hydrogen-bond acceptors (Lipinski definition) is 3. The van der Waals surface area contributed by atoms with E-state index in [-0.39, 0.29) is 5.82 Å². The highest BCUT2D eigenvalue weighted by Crippen LogP contribution is 2.24. The molecule has 0 amide bonds. The Hall–Kier alpha value is -1.35. The van der Waals surface area contributed by atoms with Crippen molar-refractivity contribution < 1.29 is 4.79 Å². The summed E-state index contributed by atoms with van der Waals surface area (Å²) < 4.78 is 0. The summed E-state index contributed by atoms with van der Waals surface area (Å²) in [6.07, 6.45) is 2.99. The van der Waals surface area contributed by atoms with Gasteiger partial charge in [0.15, 0.2) is 6.29 Å². The van der Waals surface area contributed by atoms with Gasteiger partial charge < -0.3 is 5.73 Å².